The van der Waals surface area contributed by atoms with E-state index >= 15 is 0 Å². The Kier molecular flexibility index (Phi) is 4.79. The van der Waals surface area contributed by atoms with E-state index in [9.17, 15) is 4.79 Å². The first kappa shape index (κ1) is 12.5. The summed E-state index contributed by atoms with van der Waals surface area (Å²) < 4.78 is 8.51. The van der Waals surface area contributed by atoms with Crippen molar-refractivity contribution in [3.05, 3.63) is 35.9 Å². The lowest BCUT2D eigenvalue weighted by molar-refractivity contribution is 0.0960. The van der Waals surface area contributed by atoms with Gasteiger partial charge in [-0.15, -0.1) is 4.51 Å². The van der Waals surface area contributed by atoms with Crippen molar-refractivity contribution >= 4 is 23.7 Å². The molecule has 0 unspecified atom stereocenters. The maximum absolute atomic E-state index is 11.7. The van der Waals surface area contributed by atoms with Gasteiger partial charge < -0.3 is 4.74 Å². The Hall–Kier alpha value is -1.55. The summed E-state index contributed by atoms with van der Waals surface area (Å²) in [5.41, 5.74) is 0.521. The molecule has 1 N–H and O–H groups in total. The predicted octanol–water partition coefficient (Wildman–Crippen LogP) is 2.35. The molecule has 0 fully saturated rings. The van der Waals surface area contributed by atoms with Gasteiger partial charge in [-0.3, -0.25) is 10.1 Å². The molecule has 5 heteroatoms. The van der Waals surface area contributed by atoms with Crippen LogP contribution in [-0.4, -0.2) is 18.0 Å². The molecule has 4 nitrogen and oxygen atoms in total. The van der Waals surface area contributed by atoms with E-state index in [1.807, 2.05) is 19.9 Å². The van der Waals surface area contributed by atoms with Gasteiger partial charge in [0, 0.05) is 17.3 Å². The average molecular weight is 241 g/mol. The summed E-state index contributed by atoms with van der Waals surface area (Å²) in [7, 11) is 0. The second-order valence-electron chi connectivity index (χ2n) is 3.38. The zero-order chi connectivity index (χ0) is 12.0. The number of amidine groups is 1. The maximum atomic E-state index is 11.7. The van der Waals surface area contributed by atoms with Crippen LogP contribution in [0.5, 0.6) is 0 Å². The normalized spacial score (nSPS) is 11.4. The summed E-state index contributed by atoms with van der Waals surface area (Å²) in [5.74, 6) is -0.305. The molecular formula is C11H13ClN2O2. The quantitative estimate of drug-likeness (QED) is 0.637. The number of nitrogens with zero attached hydrogens (tertiary/aromatic N) is 1. The van der Waals surface area contributed by atoms with Crippen LogP contribution in [0.4, 0.5) is 0 Å². The van der Waals surface area contributed by atoms with E-state index in [-0.39, 0.29) is 18.0 Å². The van der Waals surface area contributed by atoms with Gasteiger partial charge in [-0.2, -0.15) is 0 Å². The first-order valence-electron chi connectivity index (χ1n) is 4.85. The summed E-state index contributed by atoms with van der Waals surface area (Å²) in [6, 6.07) is 8.77. The van der Waals surface area contributed by atoms with Crippen molar-refractivity contribution in [1.82, 2.24) is 5.32 Å². The van der Waals surface area contributed by atoms with Gasteiger partial charge in [0.05, 0.1) is 6.10 Å². The minimum Gasteiger partial charge on any atom is -0.461 e. The van der Waals surface area contributed by atoms with Gasteiger partial charge in [0.2, 0.25) is 0 Å². The molecule has 0 saturated heterocycles. The molecule has 0 spiro atoms. The minimum absolute atomic E-state index is 0.00511. The van der Waals surface area contributed by atoms with Gasteiger partial charge in [-0.05, 0) is 26.0 Å². The second-order valence-corrected chi connectivity index (χ2v) is 3.55. The summed E-state index contributed by atoms with van der Waals surface area (Å²) in [6.45, 7) is 3.63. The number of amides is 1. The number of ether oxygens (including phenoxy) is 1. The number of halogens is 1. The average Bonchev–Trinajstić information content (AvgIpc) is 2.28. The Morgan fingerprint density at radius 3 is 2.50 bits per heavy atom. The van der Waals surface area contributed by atoms with Crippen molar-refractivity contribution in [2.75, 3.05) is 0 Å². The number of rotatable bonds is 2. The Labute approximate surface area is 99.4 Å². The van der Waals surface area contributed by atoms with E-state index in [2.05, 4.69) is 9.83 Å². The van der Waals surface area contributed by atoms with E-state index in [4.69, 9.17) is 16.5 Å². The molecule has 0 aromatic heterocycles. The van der Waals surface area contributed by atoms with Crippen LogP contribution in [0.3, 0.4) is 0 Å². The Morgan fingerprint density at radius 1 is 1.38 bits per heavy atom. The van der Waals surface area contributed by atoms with Crippen LogP contribution in [0.25, 0.3) is 0 Å². The van der Waals surface area contributed by atoms with Gasteiger partial charge in [-0.1, -0.05) is 18.2 Å². The van der Waals surface area contributed by atoms with Gasteiger partial charge >= 0.3 is 6.02 Å². The number of hydrogen-bond acceptors (Lipinski definition) is 3. The van der Waals surface area contributed by atoms with E-state index in [1.54, 1.807) is 24.3 Å². The van der Waals surface area contributed by atoms with Gasteiger partial charge in [0.25, 0.3) is 5.91 Å². The van der Waals surface area contributed by atoms with Crippen molar-refractivity contribution in [1.29, 1.82) is 0 Å². The van der Waals surface area contributed by atoms with E-state index in [0.29, 0.717) is 5.56 Å². The van der Waals surface area contributed by atoms with Crippen molar-refractivity contribution in [3.8, 4) is 0 Å². The van der Waals surface area contributed by atoms with Gasteiger partial charge in [0.1, 0.15) is 0 Å². The maximum Gasteiger partial charge on any atom is 0.309 e. The van der Waals surface area contributed by atoms with Crippen LogP contribution in [0.2, 0.25) is 0 Å². The van der Waals surface area contributed by atoms with Crippen molar-refractivity contribution in [2.24, 2.45) is 4.51 Å². The summed E-state index contributed by atoms with van der Waals surface area (Å²) in [5, 5.41) is 2.47. The predicted molar refractivity (Wildman–Crippen MR) is 63.4 cm³/mol. The SMILES string of the molecule is CC(C)OC(=NCl)NC(=O)c1ccccc1. The number of carbonyl (C=O) groups is 1. The Bertz CT molecular complexity index is 377. The third-order valence-electron chi connectivity index (χ3n) is 1.68. The molecule has 0 aliphatic heterocycles. The summed E-state index contributed by atoms with van der Waals surface area (Å²) >= 11 is 5.29. The molecule has 1 amide bonds. The van der Waals surface area contributed by atoms with Crippen LogP contribution in [0.15, 0.2) is 34.8 Å². The second kappa shape index (κ2) is 6.12. The number of carbonyl (C=O) groups excluding carboxylic acids is 1. The Morgan fingerprint density at radius 2 is 2.00 bits per heavy atom. The molecule has 0 atom stereocenters. The fraction of sp³-hybridized carbons (Fsp3) is 0.273. The highest BCUT2D eigenvalue weighted by Gasteiger charge is 2.10. The highest BCUT2D eigenvalue weighted by atomic mass is 35.5. The fourth-order valence-electron chi connectivity index (χ4n) is 1.05. The molecule has 1 aromatic carbocycles. The number of hydrogen-bond donors (Lipinski definition) is 1. The minimum atomic E-state index is -0.305. The monoisotopic (exact) mass is 240 g/mol. The van der Waals surface area contributed by atoms with Crippen LogP contribution >= 0.6 is 11.8 Å². The number of benzene rings is 1. The molecule has 0 bridgehead atoms. The topological polar surface area (TPSA) is 50.7 Å². The van der Waals surface area contributed by atoms with Crippen LogP contribution < -0.4 is 5.32 Å². The molecule has 16 heavy (non-hydrogen) atoms. The molecule has 0 saturated carbocycles. The highest BCUT2D eigenvalue weighted by molar-refractivity contribution is 6.20. The van der Waals surface area contributed by atoms with E-state index in [0.717, 1.165) is 0 Å². The molecular weight excluding hydrogens is 228 g/mol. The molecule has 0 aliphatic carbocycles. The standard InChI is InChI=1S/C11H13ClN2O2/c1-8(2)16-11(14-12)13-10(15)9-6-4-3-5-7-9/h3-8H,1-2H3,(H,13,14,15). The molecule has 86 valence electrons. The van der Waals surface area contributed by atoms with Crippen molar-refractivity contribution < 1.29 is 9.53 Å². The zero-order valence-corrected chi connectivity index (χ0v) is 9.86. The highest BCUT2D eigenvalue weighted by Crippen LogP contribution is 1.99. The summed E-state index contributed by atoms with van der Waals surface area (Å²) in [4.78, 5) is 11.7. The first-order valence-corrected chi connectivity index (χ1v) is 5.19. The van der Waals surface area contributed by atoms with Crippen LogP contribution in [0.1, 0.15) is 24.2 Å². The Balaban J connectivity index is 2.64. The van der Waals surface area contributed by atoms with Crippen molar-refractivity contribution in [3.63, 3.8) is 0 Å². The molecule has 0 radical (unpaired) electrons. The molecule has 0 aliphatic rings. The molecule has 1 rings (SSSR count). The number of nitrogens with one attached hydrogen (secondary N) is 1. The molecule has 0 heterocycles. The third kappa shape index (κ3) is 3.90. The fourth-order valence-corrected chi connectivity index (χ4v) is 1.13. The largest absolute Gasteiger partial charge is 0.461 e. The summed E-state index contributed by atoms with van der Waals surface area (Å²) in [6.07, 6.45) is -0.103. The smallest absolute Gasteiger partial charge is 0.309 e. The first-order chi connectivity index (χ1) is 7.63. The lowest BCUT2D eigenvalue weighted by Crippen LogP contribution is -2.33. The van der Waals surface area contributed by atoms with E-state index < -0.39 is 0 Å². The van der Waals surface area contributed by atoms with Gasteiger partial charge in [0.15, 0.2) is 0 Å². The van der Waals surface area contributed by atoms with Crippen molar-refractivity contribution in [2.45, 2.75) is 20.0 Å². The lowest BCUT2D eigenvalue weighted by Gasteiger charge is -2.11. The third-order valence-corrected chi connectivity index (χ3v) is 1.83. The van der Waals surface area contributed by atoms with E-state index in [1.165, 1.54) is 0 Å². The zero-order valence-electron chi connectivity index (χ0n) is 9.11. The van der Waals surface area contributed by atoms with Gasteiger partial charge in [-0.25, -0.2) is 0 Å². The van der Waals surface area contributed by atoms with Crippen LogP contribution in [0, 0.1) is 0 Å². The molecule has 1 aromatic rings. The van der Waals surface area contributed by atoms with Crippen LogP contribution in [-0.2, 0) is 4.74 Å². The lowest BCUT2D eigenvalue weighted by atomic mass is 10.2.